The first-order valence-corrected chi connectivity index (χ1v) is 8.60. The molecule has 0 aliphatic rings. The molecular weight excluding hydrogens is 471 g/mol. The summed E-state index contributed by atoms with van der Waals surface area (Å²) in [6, 6.07) is 4.89. The molecule has 156 valence electrons. The van der Waals surface area contributed by atoms with E-state index in [1.54, 1.807) is 19.2 Å². The summed E-state index contributed by atoms with van der Waals surface area (Å²) in [7, 11) is 3.08. The molecule has 0 aromatic heterocycles. The highest BCUT2D eigenvalue weighted by atomic mass is 127. The van der Waals surface area contributed by atoms with Gasteiger partial charge in [-0.3, -0.25) is 4.99 Å². The Balaban J connectivity index is 0.00000676. The average molecular weight is 501 g/mol. The lowest BCUT2D eigenvalue weighted by Crippen LogP contribution is -2.37. The smallest absolute Gasteiger partial charge is 0.387 e. The van der Waals surface area contributed by atoms with Crippen LogP contribution >= 0.6 is 24.0 Å². The van der Waals surface area contributed by atoms with Gasteiger partial charge in [-0.25, -0.2) is 0 Å². The fraction of sp³-hybridized carbons (Fsp3) is 0.611. The van der Waals surface area contributed by atoms with Crippen molar-refractivity contribution >= 4 is 29.9 Å². The highest BCUT2D eigenvalue weighted by Crippen LogP contribution is 2.29. The van der Waals surface area contributed by atoms with Gasteiger partial charge in [0.2, 0.25) is 0 Å². The van der Waals surface area contributed by atoms with E-state index in [4.69, 9.17) is 9.47 Å². The lowest BCUT2D eigenvalue weighted by molar-refractivity contribution is -0.0512. The topological polar surface area (TPSA) is 64.1 Å². The van der Waals surface area contributed by atoms with Crippen LogP contribution in [-0.4, -0.2) is 46.5 Å². The van der Waals surface area contributed by atoms with Crippen LogP contribution in [-0.2, 0) is 11.3 Å². The van der Waals surface area contributed by atoms with Crippen molar-refractivity contribution in [2.45, 2.75) is 33.4 Å². The van der Waals surface area contributed by atoms with Crippen molar-refractivity contribution in [2.75, 3.05) is 33.9 Å². The molecule has 0 saturated heterocycles. The van der Waals surface area contributed by atoms with E-state index in [9.17, 15) is 8.78 Å². The molecule has 9 heteroatoms. The van der Waals surface area contributed by atoms with Gasteiger partial charge in [-0.15, -0.1) is 24.0 Å². The Morgan fingerprint density at radius 2 is 1.93 bits per heavy atom. The van der Waals surface area contributed by atoms with Crippen LogP contribution in [0, 0.1) is 5.92 Å². The average Bonchev–Trinajstić information content (AvgIpc) is 2.60. The molecular formula is C18H30F2IN3O3. The maximum absolute atomic E-state index is 12.5. The van der Waals surface area contributed by atoms with Crippen molar-refractivity contribution in [3.63, 3.8) is 0 Å². The van der Waals surface area contributed by atoms with Crippen molar-refractivity contribution in [3.8, 4) is 11.5 Å². The Labute approximate surface area is 177 Å². The highest BCUT2D eigenvalue weighted by Gasteiger charge is 2.11. The number of nitrogens with zero attached hydrogens (tertiary/aromatic N) is 1. The van der Waals surface area contributed by atoms with Gasteiger partial charge in [-0.1, -0.05) is 19.9 Å². The van der Waals surface area contributed by atoms with Gasteiger partial charge in [0.15, 0.2) is 17.5 Å². The van der Waals surface area contributed by atoms with Gasteiger partial charge in [0, 0.05) is 33.4 Å². The second-order valence-electron chi connectivity index (χ2n) is 6.04. The molecule has 1 aromatic rings. The lowest BCUT2D eigenvalue weighted by Gasteiger charge is -2.14. The molecule has 2 N–H and O–H groups in total. The van der Waals surface area contributed by atoms with E-state index in [-0.39, 0.29) is 35.5 Å². The normalized spacial score (nSPS) is 11.3. The van der Waals surface area contributed by atoms with Gasteiger partial charge in [0.25, 0.3) is 0 Å². The fourth-order valence-corrected chi connectivity index (χ4v) is 2.13. The van der Waals surface area contributed by atoms with Crippen LogP contribution in [0.25, 0.3) is 0 Å². The van der Waals surface area contributed by atoms with Crippen LogP contribution in [0.2, 0.25) is 0 Å². The van der Waals surface area contributed by atoms with Crippen molar-refractivity contribution < 1.29 is 23.0 Å². The van der Waals surface area contributed by atoms with Gasteiger partial charge in [-0.05, 0) is 30.0 Å². The zero-order valence-corrected chi connectivity index (χ0v) is 18.6. The molecule has 0 heterocycles. The molecule has 0 saturated carbocycles. The van der Waals surface area contributed by atoms with E-state index in [0.29, 0.717) is 25.0 Å². The predicted octanol–water partition coefficient (Wildman–Crippen LogP) is 3.64. The Kier molecular flexibility index (Phi) is 13.9. The minimum absolute atomic E-state index is 0. The summed E-state index contributed by atoms with van der Waals surface area (Å²) >= 11 is 0. The summed E-state index contributed by atoms with van der Waals surface area (Å²) in [6.07, 6.45) is 0.863. The number of hydrogen-bond acceptors (Lipinski definition) is 4. The minimum Gasteiger partial charge on any atom is -0.493 e. The van der Waals surface area contributed by atoms with Gasteiger partial charge in [0.1, 0.15) is 0 Å². The van der Waals surface area contributed by atoms with E-state index >= 15 is 0 Å². The Morgan fingerprint density at radius 1 is 1.19 bits per heavy atom. The summed E-state index contributed by atoms with van der Waals surface area (Å²) < 4.78 is 40.0. The molecule has 0 atom stereocenters. The number of alkyl halides is 2. The Hall–Kier alpha value is -1.36. The Morgan fingerprint density at radius 3 is 2.52 bits per heavy atom. The predicted molar refractivity (Wildman–Crippen MR) is 114 cm³/mol. The number of benzene rings is 1. The van der Waals surface area contributed by atoms with Crippen LogP contribution in [0.15, 0.2) is 23.2 Å². The molecule has 0 aliphatic carbocycles. The third-order valence-electron chi connectivity index (χ3n) is 3.34. The molecule has 0 unspecified atom stereocenters. The molecule has 0 bridgehead atoms. The monoisotopic (exact) mass is 501 g/mol. The fourth-order valence-electron chi connectivity index (χ4n) is 2.13. The first-order chi connectivity index (χ1) is 12.5. The maximum Gasteiger partial charge on any atom is 0.387 e. The van der Waals surface area contributed by atoms with E-state index in [1.807, 2.05) is 0 Å². The molecule has 0 amide bonds. The number of hydrogen-bond donors (Lipinski definition) is 2. The summed E-state index contributed by atoms with van der Waals surface area (Å²) in [5.74, 6) is 1.42. The summed E-state index contributed by atoms with van der Waals surface area (Å²) in [5, 5.41) is 6.31. The van der Waals surface area contributed by atoms with Crippen molar-refractivity contribution in [1.82, 2.24) is 10.6 Å². The summed E-state index contributed by atoms with van der Waals surface area (Å²) in [5.41, 5.74) is 0.768. The largest absolute Gasteiger partial charge is 0.493 e. The first kappa shape index (κ1) is 25.6. The molecule has 0 spiro atoms. The third-order valence-corrected chi connectivity index (χ3v) is 3.34. The lowest BCUT2D eigenvalue weighted by atomic mass is 10.2. The van der Waals surface area contributed by atoms with Gasteiger partial charge >= 0.3 is 6.61 Å². The molecule has 1 rings (SSSR count). The van der Waals surface area contributed by atoms with Crippen LogP contribution in [0.5, 0.6) is 11.5 Å². The minimum atomic E-state index is -2.90. The number of guanidine groups is 1. The Bertz CT molecular complexity index is 561. The molecule has 0 fully saturated rings. The van der Waals surface area contributed by atoms with Crippen LogP contribution in [0.3, 0.4) is 0 Å². The summed E-state index contributed by atoms with van der Waals surface area (Å²) in [6.45, 7) is 3.90. The van der Waals surface area contributed by atoms with Crippen LogP contribution in [0.4, 0.5) is 8.78 Å². The number of ether oxygens (including phenoxy) is 3. The number of methoxy groups -OCH3 is 1. The van der Waals surface area contributed by atoms with Crippen molar-refractivity contribution in [3.05, 3.63) is 23.8 Å². The van der Waals surface area contributed by atoms with Crippen molar-refractivity contribution in [1.29, 1.82) is 0 Å². The molecule has 27 heavy (non-hydrogen) atoms. The zero-order valence-electron chi connectivity index (χ0n) is 16.3. The standard InChI is InChI=1S/C18H29F2N3O3.HI/c1-13(2)12-25-9-5-8-22-18(21-3)23-11-14-6-7-15(24-4)16(10-14)26-17(19)20;/h6-7,10,13,17H,5,8-9,11-12H2,1-4H3,(H2,21,22,23);1H. The quantitative estimate of drug-likeness (QED) is 0.210. The SMILES string of the molecule is CN=C(NCCCOCC(C)C)NCc1ccc(OC)c(OC(F)F)c1.I. The number of nitrogens with one attached hydrogen (secondary N) is 2. The third kappa shape index (κ3) is 11.2. The van der Waals surface area contributed by atoms with E-state index in [1.165, 1.54) is 13.2 Å². The number of aliphatic imine (C=N–C) groups is 1. The summed E-state index contributed by atoms with van der Waals surface area (Å²) in [4.78, 5) is 4.13. The van der Waals surface area contributed by atoms with Crippen molar-refractivity contribution in [2.24, 2.45) is 10.9 Å². The van der Waals surface area contributed by atoms with Gasteiger partial charge in [0.05, 0.1) is 7.11 Å². The van der Waals surface area contributed by atoms with E-state index < -0.39 is 6.61 Å². The number of rotatable bonds is 11. The van der Waals surface area contributed by atoms with Crippen LogP contribution in [0.1, 0.15) is 25.8 Å². The highest BCUT2D eigenvalue weighted by molar-refractivity contribution is 14.0. The van der Waals surface area contributed by atoms with Gasteiger partial charge in [-0.2, -0.15) is 8.78 Å². The van der Waals surface area contributed by atoms with E-state index in [0.717, 1.165) is 25.1 Å². The molecule has 0 aliphatic heterocycles. The first-order valence-electron chi connectivity index (χ1n) is 8.60. The molecule has 6 nitrogen and oxygen atoms in total. The second-order valence-corrected chi connectivity index (χ2v) is 6.04. The van der Waals surface area contributed by atoms with Gasteiger partial charge < -0.3 is 24.8 Å². The maximum atomic E-state index is 12.5. The zero-order chi connectivity index (χ0) is 19.4. The molecule has 0 radical (unpaired) electrons. The van der Waals surface area contributed by atoms with E-state index in [2.05, 4.69) is 34.2 Å². The molecule has 1 aromatic carbocycles. The second kappa shape index (κ2) is 14.7. The number of halogens is 3. The van der Waals surface area contributed by atoms with Crippen LogP contribution < -0.4 is 20.1 Å².